The van der Waals surface area contributed by atoms with Crippen molar-refractivity contribution < 1.29 is 4.84 Å². The number of benzene rings is 1. The molecule has 1 rings (SSSR count). The maximum absolute atomic E-state index is 5.62. The van der Waals surface area contributed by atoms with Crippen LogP contribution >= 0.6 is 0 Å². The van der Waals surface area contributed by atoms with Crippen molar-refractivity contribution in [2.75, 3.05) is 14.1 Å². The molecule has 0 radical (unpaired) electrons. The smallest absolute Gasteiger partial charge is 0.122 e. The second-order valence-electron chi connectivity index (χ2n) is 3.27. The Labute approximate surface area is 85.8 Å². The van der Waals surface area contributed by atoms with Crippen LogP contribution in [0.3, 0.4) is 0 Å². The van der Waals surface area contributed by atoms with Gasteiger partial charge < -0.3 is 0 Å². The van der Waals surface area contributed by atoms with Crippen LogP contribution in [0.4, 0.5) is 0 Å². The van der Waals surface area contributed by atoms with Crippen LogP contribution in [0, 0.1) is 0 Å². The van der Waals surface area contributed by atoms with Gasteiger partial charge in [-0.2, -0.15) is 5.06 Å². The molecule has 1 aromatic carbocycles. The fourth-order valence-corrected chi connectivity index (χ4v) is 1.25. The molecule has 0 saturated carbocycles. The minimum Gasteiger partial charge on any atom is -0.287 e. The second-order valence-corrected chi connectivity index (χ2v) is 3.27. The Kier molecular flexibility index (Phi) is 4.36. The molecule has 0 N–H and O–H groups in total. The number of hydroxylamine groups is 2. The maximum Gasteiger partial charge on any atom is 0.122 e. The van der Waals surface area contributed by atoms with Crippen LogP contribution in [0.2, 0.25) is 0 Å². The maximum atomic E-state index is 5.62. The van der Waals surface area contributed by atoms with E-state index in [-0.39, 0.29) is 6.10 Å². The summed E-state index contributed by atoms with van der Waals surface area (Å²) in [7, 11) is 3.78. The van der Waals surface area contributed by atoms with Crippen LogP contribution in [0.5, 0.6) is 0 Å². The SMILES string of the molecule is C/C=C/[C@H](ON(C)C)c1ccccc1. The number of hydrogen-bond acceptors (Lipinski definition) is 2. The predicted octanol–water partition coefficient (Wildman–Crippen LogP) is 2.80. The van der Waals surface area contributed by atoms with Crippen molar-refractivity contribution in [2.24, 2.45) is 0 Å². The van der Waals surface area contributed by atoms with Crippen LogP contribution in [-0.4, -0.2) is 19.2 Å². The first-order chi connectivity index (χ1) is 6.74. The Hall–Kier alpha value is -1.12. The molecule has 0 fully saturated rings. The fourth-order valence-electron chi connectivity index (χ4n) is 1.25. The largest absolute Gasteiger partial charge is 0.287 e. The first-order valence-corrected chi connectivity index (χ1v) is 4.76. The van der Waals surface area contributed by atoms with Gasteiger partial charge in [-0.3, -0.25) is 4.84 Å². The third-order valence-corrected chi connectivity index (χ3v) is 1.82. The summed E-state index contributed by atoms with van der Waals surface area (Å²) < 4.78 is 0. The first-order valence-electron chi connectivity index (χ1n) is 4.76. The third kappa shape index (κ3) is 3.32. The first kappa shape index (κ1) is 11.0. The average molecular weight is 191 g/mol. The number of nitrogens with zero attached hydrogens (tertiary/aromatic N) is 1. The highest BCUT2D eigenvalue weighted by Gasteiger charge is 2.08. The summed E-state index contributed by atoms with van der Waals surface area (Å²) in [6.45, 7) is 2.00. The minimum atomic E-state index is 0.0104. The summed E-state index contributed by atoms with van der Waals surface area (Å²) in [5, 5.41) is 1.72. The van der Waals surface area contributed by atoms with Crippen LogP contribution in [0.25, 0.3) is 0 Å². The van der Waals surface area contributed by atoms with E-state index in [4.69, 9.17) is 4.84 Å². The molecule has 2 heteroatoms. The number of hydrogen-bond donors (Lipinski definition) is 0. The summed E-state index contributed by atoms with van der Waals surface area (Å²) >= 11 is 0. The van der Waals surface area contributed by atoms with E-state index in [0.29, 0.717) is 0 Å². The van der Waals surface area contributed by atoms with Crippen LogP contribution in [0.1, 0.15) is 18.6 Å². The third-order valence-electron chi connectivity index (χ3n) is 1.82. The monoisotopic (exact) mass is 191 g/mol. The topological polar surface area (TPSA) is 12.5 Å². The molecule has 76 valence electrons. The molecule has 0 unspecified atom stereocenters. The van der Waals surface area contributed by atoms with Gasteiger partial charge in [0, 0.05) is 14.1 Å². The van der Waals surface area contributed by atoms with E-state index >= 15 is 0 Å². The van der Waals surface area contributed by atoms with Crippen molar-refractivity contribution in [1.82, 2.24) is 5.06 Å². The lowest BCUT2D eigenvalue weighted by Gasteiger charge is -2.18. The molecule has 1 aromatic rings. The summed E-state index contributed by atoms with van der Waals surface area (Å²) in [5.41, 5.74) is 1.17. The van der Waals surface area contributed by atoms with Crippen LogP contribution < -0.4 is 0 Å². The molecule has 14 heavy (non-hydrogen) atoms. The molecule has 0 amide bonds. The van der Waals surface area contributed by atoms with Crippen molar-refractivity contribution in [3.63, 3.8) is 0 Å². The van der Waals surface area contributed by atoms with Crippen LogP contribution in [-0.2, 0) is 4.84 Å². The molecule has 2 nitrogen and oxygen atoms in total. The van der Waals surface area contributed by atoms with E-state index in [9.17, 15) is 0 Å². The zero-order valence-electron chi connectivity index (χ0n) is 8.97. The Morgan fingerprint density at radius 2 is 1.86 bits per heavy atom. The van der Waals surface area contributed by atoms with Gasteiger partial charge in [-0.1, -0.05) is 42.5 Å². The van der Waals surface area contributed by atoms with Crippen molar-refractivity contribution in [3.05, 3.63) is 48.0 Å². The van der Waals surface area contributed by atoms with Gasteiger partial charge in [0.25, 0.3) is 0 Å². The summed E-state index contributed by atoms with van der Waals surface area (Å²) in [5.74, 6) is 0. The van der Waals surface area contributed by atoms with Gasteiger partial charge in [0.15, 0.2) is 0 Å². The molecular formula is C12H17NO. The Morgan fingerprint density at radius 1 is 1.21 bits per heavy atom. The van der Waals surface area contributed by atoms with E-state index in [1.54, 1.807) is 5.06 Å². The van der Waals surface area contributed by atoms with Crippen molar-refractivity contribution in [3.8, 4) is 0 Å². The van der Waals surface area contributed by atoms with Gasteiger partial charge in [0.2, 0.25) is 0 Å². The molecule has 0 spiro atoms. The highest BCUT2D eigenvalue weighted by atomic mass is 16.7. The second kappa shape index (κ2) is 5.58. The van der Waals surface area contributed by atoms with Gasteiger partial charge in [-0.25, -0.2) is 0 Å². The molecular weight excluding hydrogens is 174 g/mol. The Bertz CT molecular complexity index is 280. The zero-order valence-corrected chi connectivity index (χ0v) is 8.97. The molecule has 0 heterocycles. The predicted molar refractivity (Wildman–Crippen MR) is 58.8 cm³/mol. The molecule has 0 aliphatic rings. The minimum absolute atomic E-state index is 0.0104. The number of rotatable bonds is 4. The van der Waals surface area contributed by atoms with Gasteiger partial charge >= 0.3 is 0 Å². The Balaban J connectivity index is 2.78. The molecule has 0 aliphatic carbocycles. The molecule has 0 saturated heterocycles. The standard InChI is InChI=1S/C12H17NO/c1-4-8-12(14-13(2)3)11-9-6-5-7-10-11/h4-10,12H,1-3H3/b8-4+/t12-/m0/s1. The van der Waals surface area contributed by atoms with Crippen molar-refractivity contribution in [1.29, 1.82) is 0 Å². The quantitative estimate of drug-likeness (QED) is 0.536. The van der Waals surface area contributed by atoms with E-state index in [1.807, 2.05) is 51.4 Å². The van der Waals surface area contributed by atoms with Crippen molar-refractivity contribution in [2.45, 2.75) is 13.0 Å². The summed E-state index contributed by atoms with van der Waals surface area (Å²) in [6, 6.07) is 10.2. The fraction of sp³-hybridized carbons (Fsp3) is 0.333. The zero-order chi connectivity index (χ0) is 10.4. The lowest BCUT2D eigenvalue weighted by molar-refractivity contribution is -0.150. The van der Waals surface area contributed by atoms with Gasteiger partial charge in [-0.05, 0) is 12.5 Å². The van der Waals surface area contributed by atoms with Crippen molar-refractivity contribution >= 4 is 0 Å². The van der Waals surface area contributed by atoms with E-state index in [1.165, 1.54) is 5.56 Å². The lowest BCUT2D eigenvalue weighted by Crippen LogP contribution is -2.16. The highest BCUT2D eigenvalue weighted by molar-refractivity contribution is 5.21. The van der Waals surface area contributed by atoms with E-state index < -0.39 is 0 Å². The van der Waals surface area contributed by atoms with Gasteiger partial charge in [0.1, 0.15) is 6.10 Å². The average Bonchev–Trinajstić information content (AvgIpc) is 2.18. The van der Waals surface area contributed by atoms with Gasteiger partial charge in [0.05, 0.1) is 0 Å². The Morgan fingerprint density at radius 3 is 2.36 bits per heavy atom. The van der Waals surface area contributed by atoms with Crippen LogP contribution in [0.15, 0.2) is 42.5 Å². The summed E-state index contributed by atoms with van der Waals surface area (Å²) in [6.07, 6.45) is 4.05. The number of allylic oxidation sites excluding steroid dienone is 1. The molecule has 0 aliphatic heterocycles. The molecule has 1 atom stereocenters. The normalized spacial score (nSPS) is 13.7. The van der Waals surface area contributed by atoms with E-state index in [2.05, 4.69) is 12.1 Å². The van der Waals surface area contributed by atoms with E-state index in [0.717, 1.165) is 0 Å². The highest BCUT2D eigenvalue weighted by Crippen LogP contribution is 2.18. The molecule has 0 bridgehead atoms. The molecule has 0 aromatic heterocycles. The lowest BCUT2D eigenvalue weighted by atomic mass is 10.1. The van der Waals surface area contributed by atoms with Gasteiger partial charge in [-0.15, -0.1) is 0 Å². The summed E-state index contributed by atoms with van der Waals surface area (Å²) in [4.78, 5) is 5.62.